The van der Waals surface area contributed by atoms with Gasteiger partial charge in [0.05, 0.1) is 0 Å². The molecular weight excluding hydrogens is 64.1 g/mol. The summed E-state index contributed by atoms with van der Waals surface area (Å²) in [6, 6.07) is 0. The lowest BCUT2D eigenvalue weighted by Gasteiger charge is -1.75. The van der Waals surface area contributed by atoms with E-state index in [-0.39, 0.29) is 8.80 Å². The summed E-state index contributed by atoms with van der Waals surface area (Å²) in [4.78, 5) is 0. The van der Waals surface area contributed by atoms with Crippen molar-refractivity contribution < 1.29 is 1.37 Å². The fraction of sp³-hybridized carbons (Fsp3) is 1.00. The molecule has 4 heavy (non-hydrogen) atoms. The van der Waals surface area contributed by atoms with Crippen molar-refractivity contribution >= 4 is 8.80 Å². The van der Waals surface area contributed by atoms with Gasteiger partial charge in [-0.1, -0.05) is 19.6 Å². The summed E-state index contributed by atoms with van der Waals surface area (Å²) >= 11 is 0. The Balaban J connectivity index is 2.54. The lowest BCUT2D eigenvalue weighted by atomic mass is 11.8. The molecule has 0 aliphatic rings. The van der Waals surface area contributed by atoms with Crippen molar-refractivity contribution in [3.05, 3.63) is 0 Å². The highest BCUT2D eigenvalue weighted by Gasteiger charge is 1.72. The van der Waals surface area contributed by atoms with Crippen LogP contribution in [0.3, 0.4) is 0 Å². The van der Waals surface area contributed by atoms with Crippen molar-refractivity contribution in [3.63, 3.8) is 0 Å². The van der Waals surface area contributed by atoms with E-state index in [0.717, 1.165) is 0 Å². The van der Waals surface area contributed by atoms with E-state index in [1.165, 1.54) is 0 Å². The summed E-state index contributed by atoms with van der Waals surface area (Å²) in [6.45, 7) is 4.93. The zero-order valence-corrected chi connectivity index (χ0v) is 4.21. The van der Waals surface area contributed by atoms with Crippen LogP contribution >= 0.6 is 0 Å². The molecule has 0 aliphatic heterocycles. The van der Waals surface area contributed by atoms with Gasteiger partial charge in [-0.05, 0) is 0 Å². The van der Waals surface area contributed by atoms with Gasteiger partial charge < -0.3 is 0 Å². The fourth-order valence-electron chi connectivity index (χ4n) is 0. The van der Waals surface area contributed by atoms with Gasteiger partial charge in [-0.3, -0.25) is 0 Å². The van der Waals surface area contributed by atoms with Crippen molar-refractivity contribution in [1.29, 1.82) is 0 Å². The Kier molecular flexibility index (Phi) is 0.937. The summed E-state index contributed by atoms with van der Waals surface area (Å²) in [5, 5.41) is 0. The number of hydrogen-bond donors (Lipinski definition) is 0. The van der Waals surface area contributed by atoms with E-state index in [1.54, 1.807) is 0 Å². The summed E-state index contributed by atoms with van der Waals surface area (Å²) in [5.41, 5.74) is 0. The number of rotatable bonds is 0. The van der Waals surface area contributed by atoms with Crippen LogP contribution in [0.25, 0.3) is 0 Å². The molecule has 0 saturated carbocycles. The molecule has 0 N–H and O–H groups in total. The predicted octanol–water partition coefficient (Wildman–Crippen LogP) is 1.37. The molecule has 1 radical (unpaired) electrons. The van der Waals surface area contributed by atoms with Gasteiger partial charge in [0.2, 0.25) is 0 Å². The molecule has 0 aromatic heterocycles. The zero-order chi connectivity index (χ0) is 4.28. The van der Waals surface area contributed by atoms with Crippen molar-refractivity contribution in [1.82, 2.24) is 0 Å². The van der Waals surface area contributed by atoms with Crippen LogP contribution < -0.4 is 0 Å². The first-order valence-electron chi connectivity index (χ1n) is 2.06. The highest BCUT2D eigenvalue weighted by atomic mass is 28.3. The second kappa shape index (κ2) is 1.53. The van der Waals surface area contributed by atoms with Crippen molar-refractivity contribution in [2.24, 2.45) is 0 Å². The van der Waals surface area contributed by atoms with E-state index in [0.29, 0.717) is 6.52 Å². The third-order valence-electron chi connectivity index (χ3n) is 0. The Labute approximate surface area is 30.9 Å². The Bertz CT molecular complexity index is 20.9. The highest BCUT2D eigenvalue weighted by molar-refractivity contribution is 6.54. The maximum absolute atomic E-state index is 6.70. The Morgan fingerprint density at radius 2 is 2.00 bits per heavy atom. The van der Waals surface area contributed by atoms with Gasteiger partial charge in [-0.15, -0.1) is 0 Å². The molecule has 0 rings (SSSR count). The molecule has 0 aliphatic carbocycles. The second-order valence-electron chi connectivity index (χ2n) is 1.21. The van der Waals surface area contributed by atoms with Gasteiger partial charge in [0.1, 0.15) is 0 Å². The third-order valence-corrected chi connectivity index (χ3v) is 0. The summed E-state index contributed by atoms with van der Waals surface area (Å²) in [7, 11) is -0.207. The molecule has 0 aromatic rings. The SMILES string of the molecule is [2H]C[Si](C)C. The first-order chi connectivity index (χ1) is 2.27. The molecule has 0 aromatic carbocycles. The maximum atomic E-state index is 6.70. The Hall–Kier alpha value is 0.217. The van der Waals surface area contributed by atoms with Crippen LogP contribution in [0.4, 0.5) is 0 Å². The molecule has 0 fully saturated rings. The van der Waals surface area contributed by atoms with Gasteiger partial charge in [0.15, 0.2) is 0 Å². The van der Waals surface area contributed by atoms with Crippen molar-refractivity contribution in [3.8, 4) is 0 Å². The first kappa shape index (κ1) is 2.45. The number of hydrogen-bond acceptors (Lipinski definition) is 0. The van der Waals surface area contributed by atoms with Crippen LogP contribution in [0.15, 0.2) is 0 Å². The molecule has 0 nitrogen and oxygen atoms in total. The minimum Gasteiger partial charge on any atom is -0.0715 e. The lowest BCUT2D eigenvalue weighted by Crippen LogP contribution is -1.84. The Morgan fingerprint density at radius 3 is 2.00 bits per heavy atom. The molecule has 0 spiro atoms. The normalized spacial score (nSPS) is 12.2. The minimum absolute atomic E-state index is 0.207. The van der Waals surface area contributed by atoms with E-state index >= 15 is 0 Å². The summed E-state index contributed by atoms with van der Waals surface area (Å²) in [5.74, 6) is 0. The van der Waals surface area contributed by atoms with Crippen LogP contribution in [0.2, 0.25) is 19.6 Å². The molecule has 0 saturated heterocycles. The molecule has 0 heterocycles. The quantitative estimate of drug-likeness (QED) is 0.381. The van der Waals surface area contributed by atoms with Crippen LogP contribution in [0.1, 0.15) is 1.37 Å². The zero-order valence-electron chi connectivity index (χ0n) is 4.21. The van der Waals surface area contributed by atoms with Gasteiger partial charge in [0.25, 0.3) is 0 Å². The molecule has 0 atom stereocenters. The van der Waals surface area contributed by atoms with Crippen LogP contribution in [-0.2, 0) is 0 Å². The van der Waals surface area contributed by atoms with Gasteiger partial charge >= 0.3 is 0 Å². The van der Waals surface area contributed by atoms with E-state index < -0.39 is 0 Å². The molecular formula is C3H9Si. The molecule has 1 heteroatoms. The van der Waals surface area contributed by atoms with E-state index in [9.17, 15) is 0 Å². The molecule has 0 unspecified atom stereocenters. The van der Waals surface area contributed by atoms with Crippen LogP contribution in [0, 0.1) is 0 Å². The largest absolute Gasteiger partial charge is 0.0715 e. The maximum Gasteiger partial charge on any atom is 0.0379 e. The van der Waals surface area contributed by atoms with Crippen LogP contribution in [0.5, 0.6) is 0 Å². The molecule has 0 amide bonds. The third kappa shape index (κ3) is 69.8. The van der Waals surface area contributed by atoms with E-state index in [4.69, 9.17) is 1.37 Å². The summed E-state index contributed by atoms with van der Waals surface area (Å²) < 4.78 is 6.70. The average molecular weight is 74.2 g/mol. The lowest BCUT2D eigenvalue weighted by molar-refractivity contribution is 1.91. The van der Waals surface area contributed by atoms with Gasteiger partial charge in [-0.25, -0.2) is 0 Å². The van der Waals surface area contributed by atoms with Crippen molar-refractivity contribution in [2.45, 2.75) is 19.6 Å². The fourth-order valence-corrected chi connectivity index (χ4v) is 0. The minimum atomic E-state index is -0.207. The van der Waals surface area contributed by atoms with Gasteiger partial charge in [-0.2, -0.15) is 0 Å². The smallest absolute Gasteiger partial charge is 0.0379 e. The summed E-state index contributed by atoms with van der Waals surface area (Å²) in [6.07, 6.45) is 0. The first-order valence-corrected chi connectivity index (χ1v) is 4.06. The van der Waals surface area contributed by atoms with Crippen LogP contribution in [-0.4, -0.2) is 8.80 Å². The molecule has 25 valence electrons. The van der Waals surface area contributed by atoms with Crippen molar-refractivity contribution in [2.75, 3.05) is 0 Å². The molecule has 0 bridgehead atoms. The predicted molar refractivity (Wildman–Crippen MR) is 23.3 cm³/mol. The van der Waals surface area contributed by atoms with E-state index in [1.807, 2.05) is 0 Å². The second-order valence-corrected chi connectivity index (χ2v) is 3.62. The monoisotopic (exact) mass is 74.1 g/mol. The highest BCUT2D eigenvalue weighted by Crippen LogP contribution is 1.68. The van der Waals surface area contributed by atoms with Gasteiger partial charge in [0, 0.05) is 10.2 Å². The topological polar surface area (TPSA) is 0 Å². The standard InChI is InChI=1S/C3H9Si/c1-4(2)3/h1-3H3/i1D. The Morgan fingerprint density at radius 1 is 1.75 bits per heavy atom. The van der Waals surface area contributed by atoms with E-state index in [2.05, 4.69) is 13.1 Å². The average Bonchev–Trinajstić information content (AvgIpc) is 1.38.